The van der Waals surface area contributed by atoms with Gasteiger partial charge in [0.1, 0.15) is 25.1 Å². The number of hydrogen-bond acceptors (Lipinski definition) is 6. The van der Waals surface area contributed by atoms with E-state index in [0.717, 1.165) is 11.1 Å². The lowest BCUT2D eigenvalue weighted by Gasteiger charge is -2.35. The van der Waals surface area contributed by atoms with Gasteiger partial charge in [-0.3, -0.25) is 14.5 Å². The summed E-state index contributed by atoms with van der Waals surface area (Å²) in [5, 5.41) is 0. The summed E-state index contributed by atoms with van der Waals surface area (Å²) in [6.07, 6.45) is -0.578. The fraction of sp³-hybridized carbons (Fsp3) is 0.355. The zero-order chi connectivity index (χ0) is 26.8. The first-order valence-electron chi connectivity index (χ1n) is 12.5. The van der Waals surface area contributed by atoms with Crippen LogP contribution in [0.3, 0.4) is 0 Å². The lowest BCUT2D eigenvalue weighted by atomic mass is 9.99. The largest absolute Gasteiger partial charge is 0.489 e. The van der Waals surface area contributed by atoms with E-state index in [0.29, 0.717) is 30.0 Å². The topological polar surface area (TPSA) is 65.1 Å². The van der Waals surface area contributed by atoms with Gasteiger partial charge in [-0.1, -0.05) is 60.7 Å². The van der Waals surface area contributed by atoms with Gasteiger partial charge in [0.2, 0.25) is 0 Å². The van der Waals surface area contributed by atoms with Gasteiger partial charge in [-0.15, -0.1) is 0 Å². The third kappa shape index (κ3) is 8.55. The van der Waals surface area contributed by atoms with Crippen molar-refractivity contribution in [3.8, 4) is 5.75 Å². The van der Waals surface area contributed by atoms with Crippen LogP contribution >= 0.6 is 0 Å². The van der Waals surface area contributed by atoms with Gasteiger partial charge in [-0.2, -0.15) is 0 Å². The molecule has 0 heterocycles. The molecule has 6 heteroatoms. The molecule has 0 saturated heterocycles. The van der Waals surface area contributed by atoms with Crippen molar-refractivity contribution in [1.82, 2.24) is 4.90 Å². The molecule has 3 aromatic carbocycles. The van der Waals surface area contributed by atoms with E-state index in [4.69, 9.17) is 14.2 Å². The average molecular weight is 504 g/mol. The molecule has 37 heavy (non-hydrogen) atoms. The molecule has 0 N–H and O–H groups in total. The van der Waals surface area contributed by atoms with Crippen molar-refractivity contribution in [1.29, 1.82) is 0 Å². The maximum absolute atomic E-state index is 13.5. The number of hydrogen-bond donors (Lipinski definition) is 0. The fourth-order valence-electron chi connectivity index (χ4n) is 3.92. The number of methoxy groups -OCH3 is 1. The van der Waals surface area contributed by atoms with Crippen molar-refractivity contribution >= 4 is 11.8 Å². The molecule has 1 atom stereocenters. The molecular formula is C31H37NO5. The quantitative estimate of drug-likeness (QED) is 0.223. The van der Waals surface area contributed by atoms with E-state index in [1.165, 1.54) is 6.92 Å². The normalized spacial score (nSPS) is 12.3. The van der Waals surface area contributed by atoms with Crippen molar-refractivity contribution < 1.29 is 23.8 Å². The highest BCUT2D eigenvalue weighted by Gasteiger charge is 2.26. The molecule has 1 unspecified atom stereocenters. The fourth-order valence-corrected chi connectivity index (χ4v) is 3.92. The van der Waals surface area contributed by atoms with Crippen LogP contribution in [-0.4, -0.2) is 42.5 Å². The number of benzene rings is 3. The Kier molecular flexibility index (Phi) is 10.0. The van der Waals surface area contributed by atoms with Gasteiger partial charge >= 0.3 is 5.97 Å². The smallest absolute Gasteiger partial charge is 0.302 e. The maximum Gasteiger partial charge on any atom is 0.302 e. The molecule has 3 rings (SSSR count). The summed E-state index contributed by atoms with van der Waals surface area (Å²) in [5.41, 5.74) is 3.17. The SMILES string of the molecule is COC(COC(C)=O)c1cc(C(=O)CN(Cc2ccccc2)C(C)(C)C)ccc1OCc1ccccc1. The van der Waals surface area contributed by atoms with E-state index >= 15 is 0 Å². The van der Waals surface area contributed by atoms with Gasteiger partial charge in [0, 0.05) is 37.2 Å². The molecule has 3 aromatic rings. The number of esters is 1. The van der Waals surface area contributed by atoms with Gasteiger partial charge in [0.05, 0.1) is 6.54 Å². The van der Waals surface area contributed by atoms with Crippen LogP contribution in [0.2, 0.25) is 0 Å². The number of carbonyl (C=O) groups is 2. The molecule has 0 aliphatic carbocycles. The summed E-state index contributed by atoms with van der Waals surface area (Å²) >= 11 is 0. The Labute approximate surface area is 220 Å². The molecule has 0 aliphatic rings. The lowest BCUT2D eigenvalue weighted by Crippen LogP contribution is -2.43. The Hall–Kier alpha value is -3.48. The van der Waals surface area contributed by atoms with E-state index in [-0.39, 0.29) is 24.5 Å². The van der Waals surface area contributed by atoms with Gasteiger partial charge in [0.15, 0.2) is 5.78 Å². The van der Waals surface area contributed by atoms with Crippen LogP contribution in [0.1, 0.15) is 60.8 Å². The zero-order valence-corrected chi connectivity index (χ0v) is 22.4. The third-order valence-electron chi connectivity index (χ3n) is 6.14. The molecule has 0 spiro atoms. The minimum atomic E-state index is -0.578. The first-order chi connectivity index (χ1) is 17.7. The molecular weight excluding hydrogens is 466 g/mol. The van der Waals surface area contributed by atoms with Crippen molar-refractivity contribution in [2.75, 3.05) is 20.3 Å². The minimum absolute atomic E-state index is 0.0101. The average Bonchev–Trinajstić information content (AvgIpc) is 2.88. The molecule has 0 fully saturated rings. The predicted molar refractivity (Wildman–Crippen MR) is 145 cm³/mol. The van der Waals surface area contributed by atoms with E-state index < -0.39 is 12.1 Å². The molecule has 0 bridgehead atoms. The van der Waals surface area contributed by atoms with Crippen molar-refractivity contribution in [3.05, 3.63) is 101 Å². The number of Topliss-reactive ketones (excluding diaryl/α,β-unsaturated/α-hetero) is 1. The van der Waals surface area contributed by atoms with Gasteiger partial charge in [-0.25, -0.2) is 0 Å². The third-order valence-corrected chi connectivity index (χ3v) is 6.14. The Morgan fingerprint density at radius 3 is 2.08 bits per heavy atom. The summed E-state index contributed by atoms with van der Waals surface area (Å²) in [4.78, 5) is 27.1. The molecule has 0 aliphatic heterocycles. The highest BCUT2D eigenvalue weighted by atomic mass is 16.6. The van der Waals surface area contributed by atoms with Crippen LogP contribution in [0.15, 0.2) is 78.9 Å². The van der Waals surface area contributed by atoms with Crippen LogP contribution in [0.5, 0.6) is 5.75 Å². The molecule has 0 aromatic heterocycles. The number of ketones is 1. The van der Waals surface area contributed by atoms with Gasteiger partial charge in [-0.05, 0) is 50.1 Å². The molecule has 196 valence electrons. The summed E-state index contributed by atoms with van der Waals surface area (Å²) < 4.78 is 17.0. The van der Waals surface area contributed by atoms with Crippen LogP contribution in [0.4, 0.5) is 0 Å². The Balaban J connectivity index is 1.86. The summed E-state index contributed by atoms with van der Waals surface area (Å²) in [6.45, 7) is 8.97. The van der Waals surface area contributed by atoms with E-state index in [1.54, 1.807) is 25.3 Å². The minimum Gasteiger partial charge on any atom is -0.489 e. The second kappa shape index (κ2) is 13.2. The van der Waals surface area contributed by atoms with Crippen molar-refractivity contribution in [3.63, 3.8) is 0 Å². The summed E-state index contributed by atoms with van der Waals surface area (Å²) in [5.74, 6) is 0.170. The monoisotopic (exact) mass is 503 g/mol. The van der Waals surface area contributed by atoms with E-state index in [2.05, 4.69) is 37.8 Å². The Bertz CT molecular complexity index is 1160. The lowest BCUT2D eigenvalue weighted by molar-refractivity contribution is -0.144. The van der Waals surface area contributed by atoms with E-state index in [9.17, 15) is 9.59 Å². The first-order valence-corrected chi connectivity index (χ1v) is 12.5. The number of carbonyl (C=O) groups excluding carboxylic acids is 2. The van der Waals surface area contributed by atoms with E-state index in [1.807, 2.05) is 48.5 Å². The maximum atomic E-state index is 13.5. The standard InChI is InChI=1S/C31H37NO5/c1-23(33)36-22-30(35-5)27-18-26(16-17-29(27)37-21-25-14-10-7-11-15-25)28(34)20-32(31(2,3)4)19-24-12-8-6-9-13-24/h6-18,30H,19-22H2,1-5H3. The van der Waals surface area contributed by atoms with Gasteiger partial charge < -0.3 is 14.2 Å². The van der Waals surface area contributed by atoms with Crippen LogP contribution in [0, 0.1) is 0 Å². The predicted octanol–water partition coefficient (Wildman–Crippen LogP) is 6.00. The second-order valence-corrected chi connectivity index (χ2v) is 9.99. The summed E-state index contributed by atoms with van der Waals surface area (Å²) in [6, 6.07) is 25.3. The van der Waals surface area contributed by atoms with Gasteiger partial charge in [0.25, 0.3) is 0 Å². The molecule has 0 saturated carbocycles. The van der Waals surface area contributed by atoms with Crippen molar-refractivity contribution in [2.45, 2.75) is 52.5 Å². The highest BCUT2D eigenvalue weighted by Crippen LogP contribution is 2.30. The molecule has 0 amide bonds. The highest BCUT2D eigenvalue weighted by molar-refractivity contribution is 5.98. The summed E-state index contributed by atoms with van der Waals surface area (Å²) in [7, 11) is 1.55. The Morgan fingerprint density at radius 2 is 1.51 bits per heavy atom. The zero-order valence-electron chi connectivity index (χ0n) is 22.4. The van der Waals surface area contributed by atoms with Crippen LogP contribution in [-0.2, 0) is 27.4 Å². The van der Waals surface area contributed by atoms with Crippen LogP contribution in [0.25, 0.3) is 0 Å². The molecule has 0 radical (unpaired) electrons. The second-order valence-electron chi connectivity index (χ2n) is 9.99. The molecule has 6 nitrogen and oxygen atoms in total. The van der Waals surface area contributed by atoms with Crippen molar-refractivity contribution in [2.24, 2.45) is 0 Å². The number of rotatable bonds is 12. The number of nitrogens with zero attached hydrogens (tertiary/aromatic N) is 1. The Morgan fingerprint density at radius 1 is 0.892 bits per heavy atom. The first kappa shape index (κ1) is 28.1. The number of ether oxygens (including phenoxy) is 3. The van der Waals surface area contributed by atoms with Crippen LogP contribution < -0.4 is 4.74 Å².